The number of hydrogen-bond acceptors (Lipinski definition) is 3. The lowest BCUT2D eigenvalue weighted by atomic mass is 9.75. The Hall–Kier alpha value is -1.26. The fourth-order valence-electron chi connectivity index (χ4n) is 2.74. The van der Waals surface area contributed by atoms with Crippen molar-refractivity contribution in [3.05, 3.63) is 28.8 Å². The monoisotopic (exact) mass is 295 g/mol. The third kappa shape index (κ3) is 2.76. The predicted molar refractivity (Wildman–Crippen MR) is 83.1 cm³/mol. The first-order chi connectivity index (χ1) is 9.35. The van der Waals surface area contributed by atoms with Crippen LogP contribution in [0.5, 0.6) is 0 Å². The van der Waals surface area contributed by atoms with E-state index in [2.05, 4.69) is 19.0 Å². The highest BCUT2D eigenvalue weighted by Crippen LogP contribution is 2.36. The molecule has 4 nitrogen and oxygen atoms in total. The molecule has 0 atom stereocenters. The lowest BCUT2D eigenvalue weighted by molar-refractivity contribution is 0.0252. The van der Waals surface area contributed by atoms with Crippen LogP contribution in [-0.2, 0) is 0 Å². The van der Waals surface area contributed by atoms with E-state index in [-0.39, 0.29) is 11.4 Å². The SMILES string of the molecule is CN(CC1(N(C)C)CCC1)C(=O)c1ccc(Cl)c(N)c1. The van der Waals surface area contributed by atoms with E-state index < -0.39 is 0 Å². The number of carbonyl (C=O) groups excluding carboxylic acids is 1. The molecule has 20 heavy (non-hydrogen) atoms. The first-order valence-corrected chi connectivity index (χ1v) is 7.21. The first kappa shape index (κ1) is 15.1. The highest BCUT2D eigenvalue weighted by molar-refractivity contribution is 6.33. The lowest BCUT2D eigenvalue weighted by Crippen LogP contribution is -2.57. The average molecular weight is 296 g/mol. The molecule has 1 amide bonds. The van der Waals surface area contributed by atoms with Gasteiger partial charge in [0, 0.05) is 24.7 Å². The van der Waals surface area contributed by atoms with Gasteiger partial charge >= 0.3 is 0 Å². The van der Waals surface area contributed by atoms with Crippen LogP contribution in [0.1, 0.15) is 29.6 Å². The van der Waals surface area contributed by atoms with E-state index in [1.807, 2.05) is 7.05 Å². The number of nitrogen functional groups attached to an aromatic ring is 1. The second kappa shape index (κ2) is 5.62. The third-order valence-electron chi connectivity index (χ3n) is 4.35. The zero-order valence-electron chi connectivity index (χ0n) is 12.3. The number of hydrogen-bond donors (Lipinski definition) is 1. The van der Waals surface area contributed by atoms with E-state index in [4.69, 9.17) is 17.3 Å². The van der Waals surface area contributed by atoms with Crippen LogP contribution >= 0.6 is 11.6 Å². The van der Waals surface area contributed by atoms with E-state index >= 15 is 0 Å². The van der Waals surface area contributed by atoms with Gasteiger partial charge in [-0.1, -0.05) is 11.6 Å². The number of likely N-dealkylation sites (N-methyl/N-ethyl adjacent to an activating group) is 2. The molecule has 110 valence electrons. The molecule has 5 heteroatoms. The van der Waals surface area contributed by atoms with Gasteiger partial charge in [0.2, 0.25) is 0 Å². The van der Waals surface area contributed by atoms with Crippen molar-refractivity contribution in [3.8, 4) is 0 Å². The van der Waals surface area contributed by atoms with Crippen LogP contribution in [0, 0.1) is 0 Å². The largest absolute Gasteiger partial charge is 0.398 e. The second-order valence-corrected chi connectivity index (χ2v) is 6.28. The van der Waals surface area contributed by atoms with Crippen LogP contribution < -0.4 is 5.73 Å². The molecule has 0 heterocycles. The molecular formula is C15H22ClN3O. The summed E-state index contributed by atoms with van der Waals surface area (Å²) in [6.45, 7) is 0.737. The molecule has 1 aliphatic rings. The molecule has 2 rings (SSSR count). The van der Waals surface area contributed by atoms with E-state index in [0.717, 1.165) is 19.4 Å². The summed E-state index contributed by atoms with van der Waals surface area (Å²) in [7, 11) is 6.01. The van der Waals surface area contributed by atoms with Gasteiger partial charge < -0.3 is 15.5 Å². The summed E-state index contributed by atoms with van der Waals surface area (Å²) >= 11 is 5.89. The quantitative estimate of drug-likeness (QED) is 0.868. The predicted octanol–water partition coefficient (Wildman–Crippen LogP) is 2.48. The number of carbonyl (C=O) groups is 1. The van der Waals surface area contributed by atoms with Gasteiger partial charge in [0.05, 0.1) is 10.7 Å². The summed E-state index contributed by atoms with van der Waals surface area (Å²) in [5.74, 6) is -0.0125. The summed E-state index contributed by atoms with van der Waals surface area (Å²) in [6.07, 6.45) is 3.51. The molecule has 0 spiro atoms. The molecule has 0 aromatic heterocycles. The van der Waals surface area contributed by atoms with Gasteiger partial charge in [-0.05, 0) is 51.6 Å². The van der Waals surface area contributed by atoms with Crippen LogP contribution in [0.4, 0.5) is 5.69 Å². The van der Waals surface area contributed by atoms with E-state index in [0.29, 0.717) is 16.3 Å². The standard InChI is InChI=1S/C15H22ClN3O/c1-18(2)15(7-4-8-15)10-19(3)14(20)11-5-6-12(16)13(17)9-11/h5-6,9H,4,7-8,10,17H2,1-3H3. The maximum atomic E-state index is 12.5. The summed E-state index contributed by atoms with van der Waals surface area (Å²) in [5, 5.41) is 0.480. The van der Waals surface area contributed by atoms with Crippen molar-refractivity contribution >= 4 is 23.2 Å². The van der Waals surface area contributed by atoms with Gasteiger partial charge in [-0.15, -0.1) is 0 Å². The van der Waals surface area contributed by atoms with E-state index in [1.165, 1.54) is 6.42 Å². The molecule has 1 aliphatic carbocycles. The average Bonchev–Trinajstić information content (AvgIpc) is 2.35. The molecule has 0 unspecified atom stereocenters. The van der Waals surface area contributed by atoms with Gasteiger partial charge in [-0.2, -0.15) is 0 Å². The van der Waals surface area contributed by atoms with Crippen LogP contribution in [0.25, 0.3) is 0 Å². The molecule has 0 aliphatic heterocycles. The van der Waals surface area contributed by atoms with Crippen molar-refractivity contribution in [1.29, 1.82) is 0 Å². The Labute approximate surface area is 125 Å². The van der Waals surface area contributed by atoms with Crippen molar-refractivity contribution in [2.75, 3.05) is 33.4 Å². The molecule has 0 saturated heterocycles. The smallest absolute Gasteiger partial charge is 0.253 e. The van der Waals surface area contributed by atoms with E-state index in [9.17, 15) is 4.79 Å². The molecule has 0 radical (unpaired) electrons. The number of anilines is 1. The molecule has 1 aromatic carbocycles. The Balaban J connectivity index is 2.10. The van der Waals surface area contributed by atoms with Gasteiger partial charge in [0.1, 0.15) is 0 Å². The molecule has 1 aromatic rings. The highest BCUT2D eigenvalue weighted by atomic mass is 35.5. The Bertz CT molecular complexity index is 512. The minimum absolute atomic E-state index is 0.0125. The third-order valence-corrected chi connectivity index (χ3v) is 4.70. The van der Waals surface area contributed by atoms with Gasteiger partial charge in [0.25, 0.3) is 5.91 Å². The maximum Gasteiger partial charge on any atom is 0.253 e. The zero-order chi connectivity index (χ0) is 14.9. The first-order valence-electron chi connectivity index (χ1n) is 6.84. The topological polar surface area (TPSA) is 49.6 Å². The lowest BCUT2D eigenvalue weighted by Gasteiger charge is -2.49. The number of benzene rings is 1. The summed E-state index contributed by atoms with van der Waals surface area (Å²) in [4.78, 5) is 16.5. The fourth-order valence-corrected chi connectivity index (χ4v) is 2.86. The number of amides is 1. The minimum atomic E-state index is -0.0125. The maximum absolute atomic E-state index is 12.5. The number of rotatable bonds is 4. The van der Waals surface area contributed by atoms with Gasteiger partial charge in [0.15, 0.2) is 0 Å². The van der Waals surface area contributed by atoms with Gasteiger partial charge in [-0.3, -0.25) is 4.79 Å². The number of halogens is 1. The molecule has 1 saturated carbocycles. The molecule has 2 N–H and O–H groups in total. The Kier molecular flexibility index (Phi) is 4.25. The van der Waals surface area contributed by atoms with Crippen molar-refractivity contribution in [1.82, 2.24) is 9.80 Å². The van der Waals surface area contributed by atoms with Crippen molar-refractivity contribution in [3.63, 3.8) is 0 Å². The fraction of sp³-hybridized carbons (Fsp3) is 0.533. The van der Waals surface area contributed by atoms with Crippen LogP contribution in [-0.4, -0.2) is 48.9 Å². The zero-order valence-corrected chi connectivity index (χ0v) is 13.1. The Morgan fingerprint density at radius 3 is 2.45 bits per heavy atom. The van der Waals surface area contributed by atoms with Crippen LogP contribution in [0.15, 0.2) is 18.2 Å². The summed E-state index contributed by atoms with van der Waals surface area (Å²) < 4.78 is 0. The molecule has 1 fully saturated rings. The number of nitrogens with zero attached hydrogens (tertiary/aromatic N) is 2. The van der Waals surface area contributed by atoms with Crippen molar-refractivity contribution in [2.45, 2.75) is 24.8 Å². The highest BCUT2D eigenvalue weighted by Gasteiger charge is 2.40. The molecule has 0 bridgehead atoms. The normalized spacial score (nSPS) is 16.9. The summed E-state index contributed by atoms with van der Waals surface area (Å²) in [6, 6.07) is 5.04. The van der Waals surface area contributed by atoms with Gasteiger partial charge in [-0.25, -0.2) is 0 Å². The Morgan fingerprint density at radius 2 is 2.00 bits per heavy atom. The summed E-state index contributed by atoms with van der Waals surface area (Å²) in [5.41, 5.74) is 6.92. The second-order valence-electron chi connectivity index (χ2n) is 5.87. The van der Waals surface area contributed by atoms with Crippen LogP contribution in [0.2, 0.25) is 5.02 Å². The van der Waals surface area contributed by atoms with Crippen LogP contribution in [0.3, 0.4) is 0 Å². The number of nitrogens with two attached hydrogens (primary N) is 1. The minimum Gasteiger partial charge on any atom is -0.398 e. The van der Waals surface area contributed by atoms with Crippen molar-refractivity contribution < 1.29 is 4.79 Å². The Morgan fingerprint density at radius 1 is 1.35 bits per heavy atom. The molecular weight excluding hydrogens is 274 g/mol. The van der Waals surface area contributed by atoms with Crippen molar-refractivity contribution in [2.24, 2.45) is 0 Å². The van der Waals surface area contributed by atoms with E-state index in [1.54, 1.807) is 23.1 Å².